The molecule has 1 fully saturated rings. The minimum absolute atomic E-state index is 0.528. The van der Waals surface area contributed by atoms with Gasteiger partial charge < -0.3 is 15.4 Å². The highest BCUT2D eigenvalue weighted by Gasteiger charge is 2.23. The van der Waals surface area contributed by atoms with Crippen LogP contribution in [0.25, 0.3) is 0 Å². The van der Waals surface area contributed by atoms with Gasteiger partial charge in [0.1, 0.15) is 5.82 Å². The maximum absolute atomic E-state index is 5.90. The Balaban J connectivity index is 1.92. The van der Waals surface area contributed by atoms with Crippen molar-refractivity contribution in [2.75, 3.05) is 44.2 Å². The molecule has 0 bridgehead atoms. The largest absolute Gasteiger partial charge is 0.478 e. The van der Waals surface area contributed by atoms with Gasteiger partial charge in [0.05, 0.1) is 6.61 Å². The molecule has 1 atom stereocenters. The molecule has 21 heavy (non-hydrogen) atoms. The molecule has 0 radical (unpaired) electrons. The standard InChI is InChI=1S/C16H28N4O/c1-3-6-14(13-17)19-9-11-20(12-10-19)15-7-5-8-16(18-15)21-4-2/h5,7-8,14H,3-4,6,9-13,17H2,1-2H3. The lowest BCUT2D eigenvalue weighted by molar-refractivity contribution is 0.179. The fourth-order valence-corrected chi connectivity index (χ4v) is 2.91. The van der Waals surface area contributed by atoms with Crippen LogP contribution < -0.4 is 15.4 Å². The molecule has 0 saturated carbocycles. The lowest BCUT2D eigenvalue weighted by Gasteiger charge is -2.39. The van der Waals surface area contributed by atoms with E-state index in [1.807, 2.05) is 19.1 Å². The Labute approximate surface area is 128 Å². The van der Waals surface area contributed by atoms with Crippen molar-refractivity contribution in [2.45, 2.75) is 32.7 Å². The molecule has 0 aromatic carbocycles. The third kappa shape index (κ3) is 4.32. The van der Waals surface area contributed by atoms with Gasteiger partial charge in [-0.1, -0.05) is 19.4 Å². The van der Waals surface area contributed by atoms with Crippen LogP contribution in [0.4, 0.5) is 5.82 Å². The molecule has 5 heteroatoms. The van der Waals surface area contributed by atoms with Crippen molar-refractivity contribution in [3.63, 3.8) is 0 Å². The zero-order valence-corrected chi connectivity index (χ0v) is 13.3. The number of pyridine rings is 1. The van der Waals surface area contributed by atoms with E-state index in [9.17, 15) is 0 Å². The molecule has 5 nitrogen and oxygen atoms in total. The predicted octanol–water partition coefficient (Wildman–Crippen LogP) is 1.73. The smallest absolute Gasteiger partial charge is 0.215 e. The van der Waals surface area contributed by atoms with Crippen LogP contribution in [0.1, 0.15) is 26.7 Å². The number of hydrogen-bond acceptors (Lipinski definition) is 5. The second-order valence-electron chi connectivity index (χ2n) is 5.47. The molecule has 0 amide bonds. The molecule has 1 aromatic rings. The number of rotatable bonds is 7. The molecule has 1 aromatic heterocycles. The molecule has 2 heterocycles. The number of ether oxygens (including phenoxy) is 1. The summed E-state index contributed by atoms with van der Waals surface area (Å²) in [5, 5.41) is 0. The van der Waals surface area contributed by atoms with E-state index in [2.05, 4.69) is 27.8 Å². The average Bonchev–Trinajstić information content (AvgIpc) is 2.53. The van der Waals surface area contributed by atoms with Crippen LogP contribution >= 0.6 is 0 Å². The van der Waals surface area contributed by atoms with Gasteiger partial charge in [0.25, 0.3) is 0 Å². The topological polar surface area (TPSA) is 54.6 Å². The fourth-order valence-electron chi connectivity index (χ4n) is 2.91. The first kappa shape index (κ1) is 16.0. The molecule has 1 unspecified atom stereocenters. The molecule has 118 valence electrons. The molecule has 1 saturated heterocycles. The zero-order chi connectivity index (χ0) is 15.1. The van der Waals surface area contributed by atoms with Crippen LogP contribution in [-0.2, 0) is 0 Å². The Morgan fingerprint density at radius 3 is 2.62 bits per heavy atom. The lowest BCUT2D eigenvalue weighted by atomic mass is 10.1. The minimum atomic E-state index is 0.528. The van der Waals surface area contributed by atoms with Crippen molar-refractivity contribution in [3.05, 3.63) is 18.2 Å². The summed E-state index contributed by atoms with van der Waals surface area (Å²) in [6.45, 7) is 9.73. The third-order valence-electron chi connectivity index (χ3n) is 4.05. The number of anilines is 1. The van der Waals surface area contributed by atoms with Crippen molar-refractivity contribution >= 4 is 5.82 Å². The van der Waals surface area contributed by atoms with Gasteiger partial charge in [0.2, 0.25) is 5.88 Å². The Morgan fingerprint density at radius 2 is 2.00 bits per heavy atom. The van der Waals surface area contributed by atoms with Crippen LogP contribution in [0, 0.1) is 0 Å². The maximum Gasteiger partial charge on any atom is 0.215 e. The molecular weight excluding hydrogens is 264 g/mol. The Bertz CT molecular complexity index is 418. The molecule has 0 spiro atoms. The van der Waals surface area contributed by atoms with Gasteiger partial charge in [0.15, 0.2) is 0 Å². The highest BCUT2D eigenvalue weighted by molar-refractivity contribution is 5.41. The SMILES string of the molecule is CCCC(CN)N1CCN(c2cccc(OCC)n2)CC1. The Hall–Kier alpha value is -1.33. The summed E-state index contributed by atoms with van der Waals surface area (Å²) in [7, 11) is 0. The summed E-state index contributed by atoms with van der Waals surface area (Å²) in [4.78, 5) is 9.43. The van der Waals surface area contributed by atoms with Gasteiger partial charge in [0, 0.05) is 44.8 Å². The minimum Gasteiger partial charge on any atom is -0.478 e. The van der Waals surface area contributed by atoms with Gasteiger partial charge in [-0.2, -0.15) is 4.98 Å². The summed E-state index contributed by atoms with van der Waals surface area (Å²) < 4.78 is 5.48. The van der Waals surface area contributed by atoms with Crippen molar-refractivity contribution in [1.29, 1.82) is 0 Å². The van der Waals surface area contributed by atoms with Crippen LogP contribution in [0.2, 0.25) is 0 Å². The summed E-state index contributed by atoms with van der Waals surface area (Å²) in [6.07, 6.45) is 2.38. The van der Waals surface area contributed by atoms with Gasteiger partial charge in [-0.05, 0) is 19.4 Å². The van der Waals surface area contributed by atoms with Crippen molar-refractivity contribution in [2.24, 2.45) is 5.73 Å². The third-order valence-corrected chi connectivity index (χ3v) is 4.05. The highest BCUT2D eigenvalue weighted by Crippen LogP contribution is 2.19. The zero-order valence-electron chi connectivity index (χ0n) is 13.3. The summed E-state index contributed by atoms with van der Waals surface area (Å²) in [5.41, 5.74) is 5.90. The van der Waals surface area contributed by atoms with Crippen LogP contribution in [0.3, 0.4) is 0 Å². The van der Waals surface area contributed by atoms with E-state index < -0.39 is 0 Å². The first-order valence-electron chi connectivity index (χ1n) is 8.07. The van der Waals surface area contributed by atoms with E-state index in [0.29, 0.717) is 18.5 Å². The monoisotopic (exact) mass is 292 g/mol. The quantitative estimate of drug-likeness (QED) is 0.829. The number of piperazine rings is 1. The molecule has 0 aliphatic carbocycles. The average molecular weight is 292 g/mol. The van der Waals surface area contributed by atoms with Crippen molar-refractivity contribution in [1.82, 2.24) is 9.88 Å². The first-order chi connectivity index (χ1) is 10.3. The highest BCUT2D eigenvalue weighted by atomic mass is 16.5. The van der Waals surface area contributed by atoms with Crippen LogP contribution in [0.5, 0.6) is 5.88 Å². The Kier molecular flexibility index (Phi) is 6.26. The lowest BCUT2D eigenvalue weighted by Crippen LogP contribution is -2.52. The van der Waals surface area contributed by atoms with Gasteiger partial charge in [-0.15, -0.1) is 0 Å². The van der Waals surface area contributed by atoms with Crippen molar-refractivity contribution < 1.29 is 4.74 Å². The van der Waals surface area contributed by atoms with Crippen LogP contribution in [0.15, 0.2) is 18.2 Å². The van der Waals surface area contributed by atoms with E-state index >= 15 is 0 Å². The van der Waals surface area contributed by atoms with Crippen LogP contribution in [-0.4, -0.2) is 55.3 Å². The van der Waals surface area contributed by atoms with E-state index in [0.717, 1.165) is 38.5 Å². The molecule has 2 N–H and O–H groups in total. The number of nitrogens with zero attached hydrogens (tertiary/aromatic N) is 3. The summed E-state index contributed by atoms with van der Waals surface area (Å²) in [5.74, 6) is 1.73. The summed E-state index contributed by atoms with van der Waals surface area (Å²) >= 11 is 0. The van der Waals surface area contributed by atoms with E-state index in [1.54, 1.807) is 0 Å². The second-order valence-corrected chi connectivity index (χ2v) is 5.47. The van der Waals surface area contributed by atoms with Crippen molar-refractivity contribution in [3.8, 4) is 5.88 Å². The second kappa shape index (κ2) is 8.20. The normalized spacial score (nSPS) is 17.8. The molecule has 1 aliphatic rings. The van der Waals surface area contributed by atoms with E-state index in [4.69, 9.17) is 10.5 Å². The molecule has 1 aliphatic heterocycles. The van der Waals surface area contributed by atoms with E-state index in [1.165, 1.54) is 12.8 Å². The number of hydrogen-bond donors (Lipinski definition) is 1. The number of aromatic nitrogens is 1. The van der Waals surface area contributed by atoms with Gasteiger partial charge in [-0.25, -0.2) is 0 Å². The van der Waals surface area contributed by atoms with Gasteiger partial charge in [-0.3, -0.25) is 4.90 Å². The predicted molar refractivity (Wildman–Crippen MR) is 86.9 cm³/mol. The molecule has 2 rings (SSSR count). The van der Waals surface area contributed by atoms with E-state index in [-0.39, 0.29) is 0 Å². The first-order valence-corrected chi connectivity index (χ1v) is 8.07. The summed E-state index contributed by atoms with van der Waals surface area (Å²) in [6, 6.07) is 6.51. The Morgan fingerprint density at radius 1 is 1.24 bits per heavy atom. The fraction of sp³-hybridized carbons (Fsp3) is 0.688. The maximum atomic E-state index is 5.90. The molecular formula is C16H28N4O. The van der Waals surface area contributed by atoms with Gasteiger partial charge >= 0.3 is 0 Å². The number of nitrogens with two attached hydrogens (primary N) is 1.